The SMILES string of the molecule is Cc1cc2c(Sc3ccccc3)c3sc(C)cc3c(Sc3ccccc3)c2s1. The molecule has 0 aliphatic carbocycles. The highest BCUT2D eigenvalue weighted by molar-refractivity contribution is 8.00. The lowest BCUT2D eigenvalue weighted by Gasteiger charge is -2.11. The van der Waals surface area contributed by atoms with Crippen molar-refractivity contribution in [2.24, 2.45) is 0 Å². The average molecular weight is 435 g/mol. The van der Waals surface area contributed by atoms with Gasteiger partial charge in [-0.15, -0.1) is 22.7 Å². The van der Waals surface area contributed by atoms with Crippen molar-refractivity contribution in [1.29, 1.82) is 0 Å². The van der Waals surface area contributed by atoms with Crippen molar-refractivity contribution in [2.45, 2.75) is 33.4 Å². The standard InChI is InChI=1S/C24H18S4/c1-15-13-19-21(25-15)24(28-18-11-7-4-8-12-18)20-14-16(2)26-22(20)23(19)27-17-9-5-3-6-10-17/h3-14H,1-2H3. The molecule has 138 valence electrons. The summed E-state index contributed by atoms with van der Waals surface area (Å²) in [6, 6.07) is 26.2. The lowest BCUT2D eigenvalue weighted by atomic mass is 10.2. The van der Waals surface area contributed by atoms with E-state index in [0.717, 1.165) is 0 Å². The van der Waals surface area contributed by atoms with E-state index in [4.69, 9.17) is 0 Å². The minimum atomic E-state index is 1.29. The lowest BCUT2D eigenvalue weighted by Crippen LogP contribution is -1.81. The zero-order chi connectivity index (χ0) is 19.1. The molecule has 0 saturated carbocycles. The second-order valence-corrected chi connectivity index (χ2v) is 11.4. The van der Waals surface area contributed by atoms with E-state index in [1.54, 1.807) is 0 Å². The fourth-order valence-electron chi connectivity index (χ4n) is 3.36. The molecular formula is C24H18S4. The maximum Gasteiger partial charge on any atom is 0.0503 e. The Hall–Kier alpha value is -1.72. The van der Waals surface area contributed by atoms with Gasteiger partial charge in [0.1, 0.15) is 0 Å². The smallest absolute Gasteiger partial charge is 0.0503 e. The third-order valence-corrected chi connectivity index (χ3v) is 9.20. The van der Waals surface area contributed by atoms with Crippen LogP contribution in [0, 0.1) is 13.8 Å². The minimum Gasteiger partial charge on any atom is -0.139 e. The maximum atomic E-state index is 2.37. The van der Waals surface area contributed by atoms with Crippen molar-refractivity contribution in [3.8, 4) is 0 Å². The van der Waals surface area contributed by atoms with Crippen LogP contribution in [0.2, 0.25) is 0 Å². The first-order valence-electron chi connectivity index (χ1n) is 9.11. The highest BCUT2D eigenvalue weighted by Gasteiger charge is 2.19. The molecule has 0 aliphatic rings. The van der Waals surface area contributed by atoms with Gasteiger partial charge in [-0.05, 0) is 50.2 Å². The van der Waals surface area contributed by atoms with Crippen molar-refractivity contribution >= 4 is 66.4 Å². The Bertz CT molecular complexity index is 1110. The van der Waals surface area contributed by atoms with Crippen LogP contribution in [-0.4, -0.2) is 0 Å². The van der Waals surface area contributed by atoms with Gasteiger partial charge in [-0.1, -0.05) is 59.9 Å². The second-order valence-electron chi connectivity index (χ2n) is 6.69. The zero-order valence-corrected chi connectivity index (χ0v) is 18.8. The predicted molar refractivity (Wildman–Crippen MR) is 128 cm³/mol. The van der Waals surface area contributed by atoms with Crippen molar-refractivity contribution in [1.82, 2.24) is 0 Å². The first-order chi connectivity index (χ1) is 13.7. The molecule has 3 aromatic carbocycles. The molecule has 0 nitrogen and oxygen atoms in total. The van der Waals surface area contributed by atoms with Crippen molar-refractivity contribution in [3.05, 3.63) is 82.6 Å². The van der Waals surface area contributed by atoms with Crippen LogP contribution < -0.4 is 0 Å². The molecular weight excluding hydrogens is 417 g/mol. The molecule has 0 saturated heterocycles. The van der Waals surface area contributed by atoms with E-state index >= 15 is 0 Å². The van der Waals surface area contributed by atoms with Crippen molar-refractivity contribution in [2.75, 3.05) is 0 Å². The summed E-state index contributed by atoms with van der Waals surface area (Å²) in [5, 5.41) is 2.79. The summed E-state index contributed by atoms with van der Waals surface area (Å²) >= 11 is 7.63. The molecule has 0 unspecified atom stereocenters. The van der Waals surface area contributed by atoms with Gasteiger partial charge in [-0.2, -0.15) is 0 Å². The predicted octanol–water partition coefficient (Wildman–Crippen LogP) is 9.04. The molecule has 0 bridgehead atoms. The van der Waals surface area contributed by atoms with Crippen LogP contribution in [0.3, 0.4) is 0 Å². The van der Waals surface area contributed by atoms with Crippen LogP contribution in [0.4, 0.5) is 0 Å². The van der Waals surface area contributed by atoms with E-state index in [9.17, 15) is 0 Å². The van der Waals surface area contributed by atoms with E-state index in [2.05, 4.69) is 86.6 Å². The Morgan fingerprint density at radius 2 is 0.964 bits per heavy atom. The molecule has 5 rings (SSSR count). The number of benzene rings is 3. The average Bonchev–Trinajstić information content (AvgIpc) is 3.28. The van der Waals surface area contributed by atoms with Crippen molar-refractivity contribution in [3.63, 3.8) is 0 Å². The summed E-state index contributed by atoms with van der Waals surface area (Å²) in [5.41, 5.74) is 0. The molecule has 5 aromatic rings. The first-order valence-corrected chi connectivity index (χ1v) is 12.4. The van der Waals surface area contributed by atoms with Gasteiger partial charge in [0.05, 0.1) is 9.40 Å². The summed E-state index contributed by atoms with van der Waals surface area (Å²) in [6.07, 6.45) is 0. The van der Waals surface area contributed by atoms with E-state index in [1.807, 2.05) is 46.2 Å². The van der Waals surface area contributed by atoms with Crippen LogP contribution in [0.1, 0.15) is 9.75 Å². The number of thiophene rings is 2. The summed E-state index contributed by atoms with van der Waals surface area (Å²) < 4.78 is 2.82. The van der Waals surface area contributed by atoms with Gasteiger partial charge in [0, 0.05) is 40.1 Å². The molecule has 28 heavy (non-hydrogen) atoms. The Morgan fingerprint density at radius 1 is 0.571 bits per heavy atom. The number of aryl methyl sites for hydroxylation is 2. The fourth-order valence-corrected chi connectivity index (χ4v) is 7.94. The summed E-state index contributed by atoms with van der Waals surface area (Å²) in [4.78, 5) is 8.13. The van der Waals surface area contributed by atoms with Gasteiger partial charge in [0.2, 0.25) is 0 Å². The van der Waals surface area contributed by atoms with Crippen LogP contribution in [0.5, 0.6) is 0 Å². The molecule has 0 N–H and O–H groups in total. The molecule has 0 fully saturated rings. The van der Waals surface area contributed by atoms with E-state index < -0.39 is 0 Å². The number of fused-ring (bicyclic) bond motifs is 2. The number of hydrogen-bond donors (Lipinski definition) is 0. The van der Waals surface area contributed by atoms with Crippen LogP contribution in [-0.2, 0) is 0 Å². The topological polar surface area (TPSA) is 0 Å². The molecule has 2 aromatic heterocycles. The molecule has 0 atom stereocenters. The third-order valence-electron chi connectivity index (χ3n) is 4.54. The molecule has 2 heterocycles. The molecule has 0 spiro atoms. The fraction of sp³-hybridized carbons (Fsp3) is 0.0833. The van der Waals surface area contributed by atoms with Gasteiger partial charge in [-0.3, -0.25) is 0 Å². The third kappa shape index (κ3) is 3.39. The summed E-state index contributed by atoms with van der Waals surface area (Å²) in [5.74, 6) is 0. The van der Waals surface area contributed by atoms with Gasteiger partial charge < -0.3 is 0 Å². The number of hydrogen-bond acceptors (Lipinski definition) is 4. The van der Waals surface area contributed by atoms with E-state index in [0.29, 0.717) is 0 Å². The molecule has 0 aliphatic heterocycles. The van der Waals surface area contributed by atoms with E-state index in [-0.39, 0.29) is 0 Å². The number of rotatable bonds is 4. The Morgan fingerprint density at radius 3 is 1.36 bits per heavy atom. The monoisotopic (exact) mass is 434 g/mol. The normalized spacial score (nSPS) is 11.5. The van der Waals surface area contributed by atoms with E-state index in [1.165, 1.54) is 49.5 Å². The van der Waals surface area contributed by atoms with Crippen LogP contribution in [0.15, 0.2) is 92.4 Å². The summed E-state index contributed by atoms with van der Waals surface area (Å²) in [7, 11) is 0. The van der Waals surface area contributed by atoms with Gasteiger partial charge in [-0.25, -0.2) is 0 Å². The van der Waals surface area contributed by atoms with Gasteiger partial charge >= 0.3 is 0 Å². The van der Waals surface area contributed by atoms with Gasteiger partial charge in [0.15, 0.2) is 0 Å². The molecule has 4 heteroatoms. The zero-order valence-electron chi connectivity index (χ0n) is 15.6. The van der Waals surface area contributed by atoms with Crippen molar-refractivity contribution < 1.29 is 0 Å². The Balaban J connectivity index is 1.77. The second kappa shape index (κ2) is 7.60. The highest BCUT2D eigenvalue weighted by atomic mass is 32.2. The highest BCUT2D eigenvalue weighted by Crippen LogP contribution is 2.51. The summed E-state index contributed by atoms with van der Waals surface area (Å²) in [6.45, 7) is 4.44. The molecule has 0 amide bonds. The Kier molecular flexibility index (Phi) is 4.97. The minimum absolute atomic E-state index is 1.29. The lowest BCUT2D eigenvalue weighted by molar-refractivity contribution is 1.44. The quantitative estimate of drug-likeness (QED) is 0.277. The Labute approximate surface area is 181 Å². The van der Waals surface area contributed by atoms with Gasteiger partial charge in [0.25, 0.3) is 0 Å². The van der Waals surface area contributed by atoms with Crippen LogP contribution in [0.25, 0.3) is 20.2 Å². The molecule has 0 radical (unpaired) electrons. The van der Waals surface area contributed by atoms with Crippen LogP contribution >= 0.6 is 46.2 Å². The largest absolute Gasteiger partial charge is 0.139 e. The maximum absolute atomic E-state index is 2.37. The first kappa shape index (κ1) is 18.3.